The zero-order chi connectivity index (χ0) is 4.20. The molecule has 2 saturated carbocycles. The molecule has 0 aromatic rings. The lowest BCUT2D eigenvalue weighted by Gasteiger charge is -1.72. The minimum absolute atomic E-state index is 0.109. The van der Waals surface area contributed by atoms with Crippen molar-refractivity contribution in [3.8, 4) is 0 Å². The Bertz CT molecular complexity index is 83.9. The second kappa shape index (κ2) is 0.544. The van der Waals surface area contributed by atoms with Crippen LogP contribution >= 0.6 is 0 Å². The van der Waals surface area contributed by atoms with Crippen LogP contribution in [0.4, 0.5) is 0 Å². The van der Waals surface area contributed by atoms with Crippen LogP contribution in [0.5, 0.6) is 0 Å². The summed E-state index contributed by atoms with van der Waals surface area (Å²) in [7, 11) is 0. The van der Waals surface area contributed by atoms with Crippen LogP contribution in [0, 0.1) is 5.41 Å². The van der Waals surface area contributed by atoms with Crippen molar-refractivity contribution in [2.75, 3.05) is 0 Å². The summed E-state index contributed by atoms with van der Waals surface area (Å²) in [5.41, 5.74) is 0.514. The molecule has 0 radical (unpaired) electrons. The third-order valence-corrected chi connectivity index (χ3v) is 2.04. The summed E-state index contributed by atoms with van der Waals surface area (Å²) in [4.78, 5) is 0. The van der Waals surface area contributed by atoms with Crippen molar-refractivity contribution in [2.24, 2.45) is 5.41 Å². The van der Waals surface area contributed by atoms with Gasteiger partial charge in [0.25, 0.3) is 0 Å². The van der Waals surface area contributed by atoms with Gasteiger partial charge in [-0.05, 0) is 24.7 Å². The maximum atomic E-state index is 8.76. The summed E-state index contributed by atoms with van der Waals surface area (Å²) < 4.78 is 0. The number of hydrogen-bond donors (Lipinski definition) is 1. The van der Waals surface area contributed by atoms with E-state index in [-0.39, 0.29) is 6.10 Å². The van der Waals surface area contributed by atoms with Crippen LogP contribution in [0.3, 0.4) is 0 Å². The Morgan fingerprint density at radius 1 is 1.50 bits per heavy atom. The van der Waals surface area contributed by atoms with Crippen molar-refractivity contribution in [3.63, 3.8) is 0 Å². The zero-order valence-electron chi connectivity index (χ0n) is 3.65. The molecule has 1 spiro atoms. The van der Waals surface area contributed by atoms with E-state index in [1.165, 1.54) is 12.8 Å². The topological polar surface area (TPSA) is 20.2 Å². The number of aliphatic hydroxyl groups is 1. The van der Waals surface area contributed by atoms with Crippen molar-refractivity contribution in [1.29, 1.82) is 0 Å². The lowest BCUT2D eigenvalue weighted by Crippen LogP contribution is -1.79. The van der Waals surface area contributed by atoms with Crippen molar-refractivity contribution in [1.82, 2.24) is 0 Å². The van der Waals surface area contributed by atoms with Crippen LogP contribution in [-0.2, 0) is 0 Å². The Hall–Kier alpha value is -0.0400. The normalized spacial score (nSPS) is 46.5. The average Bonchev–Trinajstić information content (AvgIpc) is 2.25. The Morgan fingerprint density at radius 3 is 2.00 bits per heavy atom. The Morgan fingerprint density at radius 2 is 2.00 bits per heavy atom. The van der Waals surface area contributed by atoms with E-state index in [4.69, 9.17) is 5.11 Å². The van der Waals surface area contributed by atoms with Gasteiger partial charge in [-0.25, -0.2) is 0 Å². The van der Waals surface area contributed by atoms with Crippen LogP contribution in [0.1, 0.15) is 19.3 Å². The molecule has 2 rings (SSSR count). The monoisotopic (exact) mass is 84.1 g/mol. The Labute approximate surface area is 37.0 Å². The van der Waals surface area contributed by atoms with Gasteiger partial charge in [0.15, 0.2) is 0 Å². The van der Waals surface area contributed by atoms with Gasteiger partial charge >= 0.3 is 0 Å². The summed E-state index contributed by atoms with van der Waals surface area (Å²) in [5.74, 6) is 0. The first kappa shape index (κ1) is 3.03. The first-order chi connectivity index (χ1) is 2.83. The fourth-order valence-corrected chi connectivity index (χ4v) is 1.02. The SMILES string of the molecule is OC1CC12CC2. The molecule has 1 atom stereocenters. The van der Waals surface area contributed by atoms with E-state index < -0.39 is 0 Å². The maximum Gasteiger partial charge on any atom is 0.0603 e. The van der Waals surface area contributed by atoms with Gasteiger partial charge in [-0.3, -0.25) is 0 Å². The fourth-order valence-electron chi connectivity index (χ4n) is 1.02. The van der Waals surface area contributed by atoms with Gasteiger partial charge in [-0.15, -0.1) is 0 Å². The lowest BCUT2D eigenvalue weighted by molar-refractivity contribution is 0.255. The number of hydrogen-bond acceptors (Lipinski definition) is 1. The minimum Gasteiger partial charge on any atom is -0.393 e. The molecule has 0 aromatic heterocycles. The Balaban J connectivity index is 2.17. The smallest absolute Gasteiger partial charge is 0.0603 e. The van der Waals surface area contributed by atoms with E-state index in [0.717, 1.165) is 6.42 Å². The summed E-state index contributed by atoms with van der Waals surface area (Å²) in [6, 6.07) is 0. The lowest BCUT2D eigenvalue weighted by atomic mass is 10.4. The molecule has 34 valence electrons. The molecule has 1 unspecified atom stereocenters. The third-order valence-electron chi connectivity index (χ3n) is 2.04. The molecule has 1 heteroatoms. The van der Waals surface area contributed by atoms with Crippen molar-refractivity contribution >= 4 is 0 Å². The molecule has 0 saturated heterocycles. The van der Waals surface area contributed by atoms with E-state index in [0.29, 0.717) is 5.41 Å². The van der Waals surface area contributed by atoms with Crippen LogP contribution in [0.2, 0.25) is 0 Å². The first-order valence-corrected chi connectivity index (χ1v) is 2.52. The number of rotatable bonds is 0. The van der Waals surface area contributed by atoms with Gasteiger partial charge in [0.2, 0.25) is 0 Å². The molecule has 0 aromatic carbocycles. The molecular weight excluding hydrogens is 76.1 g/mol. The molecule has 0 heterocycles. The van der Waals surface area contributed by atoms with Crippen molar-refractivity contribution in [3.05, 3.63) is 0 Å². The zero-order valence-corrected chi connectivity index (χ0v) is 3.65. The van der Waals surface area contributed by atoms with Gasteiger partial charge in [0.1, 0.15) is 0 Å². The highest BCUT2D eigenvalue weighted by atomic mass is 16.3. The predicted molar refractivity (Wildman–Crippen MR) is 22.3 cm³/mol. The molecule has 2 aliphatic carbocycles. The second-order valence-electron chi connectivity index (χ2n) is 2.58. The molecule has 2 fully saturated rings. The molecule has 1 nitrogen and oxygen atoms in total. The van der Waals surface area contributed by atoms with E-state index in [9.17, 15) is 0 Å². The maximum absolute atomic E-state index is 8.76. The van der Waals surface area contributed by atoms with Gasteiger partial charge in [-0.2, -0.15) is 0 Å². The standard InChI is InChI=1S/C5H8O/c6-4-3-5(4)1-2-5/h4,6H,1-3H2. The van der Waals surface area contributed by atoms with Gasteiger partial charge in [0.05, 0.1) is 6.10 Å². The van der Waals surface area contributed by atoms with Crippen LogP contribution in [-0.4, -0.2) is 11.2 Å². The average molecular weight is 84.1 g/mol. The van der Waals surface area contributed by atoms with Crippen LogP contribution in [0.15, 0.2) is 0 Å². The molecule has 6 heavy (non-hydrogen) atoms. The summed E-state index contributed by atoms with van der Waals surface area (Å²) in [5, 5.41) is 8.76. The van der Waals surface area contributed by atoms with Crippen LogP contribution < -0.4 is 0 Å². The van der Waals surface area contributed by atoms with Gasteiger partial charge in [-0.1, -0.05) is 0 Å². The second-order valence-corrected chi connectivity index (χ2v) is 2.58. The van der Waals surface area contributed by atoms with Crippen molar-refractivity contribution < 1.29 is 5.11 Å². The largest absolute Gasteiger partial charge is 0.393 e. The highest BCUT2D eigenvalue weighted by Crippen LogP contribution is 2.65. The fraction of sp³-hybridized carbons (Fsp3) is 1.00. The third kappa shape index (κ3) is 0.178. The highest BCUT2D eigenvalue weighted by molar-refractivity contribution is 5.12. The van der Waals surface area contributed by atoms with E-state index in [2.05, 4.69) is 0 Å². The molecule has 0 amide bonds. The predicted octanol–water partition coefficient (Wildman–Crippen LogP) is 0.531. The van der Waals surface area contributed by atoms with Gasteiger partial charge < -0.3 is 5.11 Å². The molecular formula is C5H8O. The van der Waals surface area contributed by atoms with E-state index in [1.807, 2.05) is 0 Å². The quantitative estimate of drug-likeness (QED) is 0.454. The van der Waals surface area contributed by atoms with Crippen LogP contribution in [0.25, 0.3) is 0 Å². The summed E-state index contributed by atoms with van der Waals surface area (Å²) in [6.07, 6.45) is 3.81. The summed E-state index contributed by atoms with van der Waals surface area (Å²) in [6.45, 7) is 0. The van der Waals surface area contributed by atoms with E-state index in [1.54, 1.807) is 0 Å². The van der Waals surface area contributed by atoms with Crippen molar-refractivity contribution in [2.45, 2.75) is 25.4 Å². The highest BCUT2D eigenvalue weighted by Gasteiger charge is 2.62. The molecule has 1 N–H and O–H groups in total. The number of aliphatic hydroxyl groups excluding tert-OH is 1. The van der Waals surface area contributed by atoms with E-state index >= 15 is 0 Å². The first-order valence-electron chi connectivity index (χ1n) is 2.52. The molecule has 2 aliphatic rings. The van der Waals surface area contributed by atoms with Gasteiger partial charge in [0, 0.05) is 0 Å². The Kier molecular flexibility index (Phi) is 0.274. The molecule has 0 bridgehead atoms. The molecule has 0 aliphatic heterocycles. The summed E-state index contributed by atoms with van der Waals surface area (Å²) >= 11 is 0. The minimum atomic E-state index is 0.109.